The van der Waals surface area contributed by atoms with Gasteiger partial charge < -0.3 is 5.73 Å². The van der Waals surface area contributed by atoms with Gasteiger partial charge in [0, 0.05) is 5.39 Å². The first-order valence-corrected chi connectivity index (χ1v) is 6.60. The Morgan fingerprint density at radius 3 is 2.86 bits per heavy atom. The topological polar surface area (TPSA) is 89.4 Å². The molecule has 0 radical (unpaired) electrons. The number of aromatic nitrogens is 3. The second-order valence-electron chi connectivity index (χ2n) is 4.30. The van der Waals surface area contributed by atoms with Crippen LogP contribution in [0, 0.1) is 0 Å². The van der Waals surface area contributed by atoms with Crippen molar-refractivity contribution in [2.24, 2.45) is 10.2 Å². The van der Waals surface area contributed by atoms with Crippen molar-refractivity contribution >= 4 is 34.0 Å². The van der Waals surface area contributed by atoms with E-state index in [9.17, 15) is 0 Å². The number of para-hydroxylation sites is 1. The van der Waals surface area contributed by atoms with Crippen molar-refractivity contribution in [3.63, 3.8) is 0 Å². The number of nitrogen functional groups attached to an aromatic ring is 1. The summed E-state index contributed by atoms with van der Waals surface area (Å²) in [7, 11) is 0. The highest BCUT2D eigenvalue weighted by Gasteiger charge is 2.04. The Balaban J connectivity index is 1.79. The fraction of sp³-hybridized carbons (Fsp3) is 0.0714. The number of halogens is 1. The van der Waals surface area contributed by atoms with Crippen molar-refractivity contribution in [3.05, 3.63) is 53.6 Å². The highest BCUT2D eigenvalue weighted by molar-refractivity contribution is 6.32. The van der Waals surface area contributed by atoms with Crippen LogP contribution >= 0.6 is 11.6 Å². The summed E-state index contributed by atoms with van der Waals surface area (Å²) in [6.45, 7) is 0.339. The summed E-state index contributed by atoms with van der Waals surface area (Å²) in [5.41, 5.74) is 7.67. The van der Waals surface area contributed by atoms with Gasteiger partial charge in [-0.25, -0.2) is 9.97 Å². The SMILES string of the molecule is Nc1c(Cl)ncnc1N=NCc1ccc2ccccc2n1. The smallest absolute Gasteiger partial charge is 0.201 e. The minimum Gasteiger partial charge on any atom is -0.393 e. The molecule has 0 unspecified atom stereocenters. The molecule has 3 aromatic rings. The average Bonchev–Trinajstić information content (AvgIpc) is 2.51. The van der Waals surface area contributed by atoms with Gasteiger partial charge in [-0.3, -0.25) is 4.98 Å². The third-order valence-corrected chi connectivity index (χ3v) is 3.17. The molecule has 0 saturated carbocycles. The Morgan fingerprint density at radius 2 is 1.95 bits per heavy atom. The molecule has 0 atom stereocenters. The largest absolute Gasteiger partial charge is 0.393 e. The first-order chi connectivity index (χ1) is 10.2. The number of nitrogens with two attached hydrogens (primary N) is 1. The number of fused-ring (bicyclic) bond motifs is 1. The molecule has 0 aliphatic carbocycles. The molecule has 0 aliphatic heterocycles. The van der Waals surface area contributed by atoms with Gasteiger partial charge in [-0.2, -0.15) is 5.11 Å². The molecular formula is C14H11ClN6. The minimum atomic E-state index is 0.169. The van der Waals surface area contributed by atoms with Crippen molar-refractivity contribution in [3.8, 4) is 0 Å². The Bertz CT molecular complexity index is 817. The second kappa shape index (κ2) is 5.80. The van der Waals surface area contributed by atoms with Gasteiger partial charge >= 0.3 is 0 Å². The summed E-state index contributed by atoms with van der Waals surface area (Å²) in [6, 6.07) is 11.8. The van der Waals surface area contributed by atoms with E-state index in [0.717, 1.165) is 16.6 Å². The summed E-state index contributed by atoms with van der Waals surface area (Å²) >= 11 is 5.78. The number of nitrogens with zero attached hydrogens (tertiary/aromatic N) is 5. The molecule has 21 heavy (non-hydrogen) atoms. The maximum atomic E-state index is 5.78. The monoisotopic (exact) mass is 298 g/mol. The van der Waals surface area contributed by atoms with E-state index in [1.165, 1.54) is 6.33 Å². The minimum absolute atomic E-state index is 0.169. The lowest BCUT2D eigenvalue weighted by atomic mass is 10.2. The van der Waals surface area contributed by atoms with Crippen molar-refractivity contribution in [2.45, 2.75) is 6.54 Å². The number of rotatable bonds is 3. The van der Waals surface area contributed by atoms with E-state index < -0.39 is 0 Å². The zero-order valence-electron chi connectivity index (χ0n) is 10.9. The van der Waals surface area contributed by atoms with Gasteiger partial charge in [0.1, 0.15) is 18.6 Å². The summed E-state index contributed by atoms with van der Waals surface area (Å²) in [6.07, 6.45) is 1.29. The molecule has 0 saturated heterocycles. The van der Waals surface area contributed by atoms with Crippen LogP contribution in [0.4, 0.5) is 11.5 Å². The molecule has 0 aliphatic rings. The molecule has 0 bridgehead atoms. The average molecular weight is 299 g/mol. The summed E-state index contributed by atoms with van der Waals surface area (Å²) < 4.78 is 0. The third kappa shape index (κ3) is 2.95. The number of pyridine rings is 1. The third-order valence-electron chi connectivity index (χ3n) is 2.87. The molecule has 1 aromatic carbocycles. The van der Waals surface area contributed by atoms with Crippen LogP contribution in [0.5, 0.6) is 0 Å². The first kappa shape index (κ1) is 13.4. The van der Waals surface area contributed by atoms with Crippen LogP contribution in [-0.2, 0) is 6.54 Å². The lowest BCUT2D eigenvalue weighted by Crippen LogP contribution is -1.92. The predicted molar refractivity (Wildman–Crippen MR) is 81.4 cm³/mol. The van der Waals surface area contributed by atoms with E-state index in [1.807, 2.05) is 36.4 Å². The molecule has 0 amide bonds. The van der Waals surface area contributed by atoms with Gasteiger partial charge in [-0.15, -0.1) is 5.11 Å². The van der Waals surface area contributed by atoms with Crippen LogP contribution < -0.4 is 5.73 Å². The Hall–Kier alpha value is -2.60. The fourth-order valence-corrected chi connectivity index (χ4v) is 1.94. The summed E-state index contributed by atoms with van der Waals surface area (Å²) in [5, 5.41) is 9.28. The number of hydrogen-bond donors (Lipinski definition) is 1. The zero-order chi connectivity index (χ0) is 14.7. The molecule has 0 fully saturated rings. The number of hydrogen-bond acceptors (Lipinski definition) is 6. The van der Waals surface area contributed by atoms with Crippen LogP contribution in [0.1, 0.15) is 5.69 Å². The van der Waals surface area contributed by atoms with Gasteiger partial charge in [0.2, 0.25) is 5.82 Å². The van der Waals surface area contributed by atoms with Crippen molar-refractivity contribution in [1.29, 1.82) is 0 Å². The van der Waals surface area contributed by atoms with E-state index in [-0.39, 0.29) is 16.7 Å². The van der Waals surface area contributed by atoms with Crippen molar-refractivity contribution in [1.82, 2.24) is 15.0 Å². The normalized spacial score (nSPS) is 11.3. The predicted octanol–water partition coefficient (Wildman–Crippen LogP) is 3.54. The van der Waals surface area contributed by atoms with E-state index in [2.05, 4.69) is 25.2 Å². The van der Waals surface area contributed by atoms with Crippen LogP contribution in [-0.4, -0.2) is 15.0 Å². The molecular weight excluding hydrogens is 288 g/mol. The van der Waals surface area contributed by atoms with E-state index in [1.54, 1.807) is 0 Å². The van der Waals surface area contributed by atoms with Gasteiger partial charge in [-0.1, -0.05) is 35.9 Å². The van der Waals surface area contributed by atoms with E-state index >= 15 is 0 Å². The Labute approximate surface area is 125 Å². The molecule has 7 heteroatoms. The van der Waals surface area contributed by atoms with Crippen LogP contribution in [0.2, 0.25) is 5.15 Å². The Kier molecular flexibility index (Phi) is 3.70. The lowest BCUT2D eigenvalue weighted by molar-refractivity contribution is 0.912. The second-order valence-corrected chi connectivity index (χ2v) is 4.65. The number of anilines is 1. The molecule has 0 spiro atoms. The van der Waals surface area contributed by atoms with Crippen molar-refractivity contribution < 1.29 is 0 Å². The molecule has 2 aromatic heterocycles. The molecule has 2 N–H and O–H groups in total. The fourth-order valence-electron chi connectivity index (χ4n) is 1.82. The highest BCUT2D eigenvalue weighted by Crippen LogP contribution is 2.24. The Morgan fingerprint density at radius 1 is 1.10 bits per heavy atom. The quantitative estimate of drug-likeness (QED) is 0.591. The van der Waals surface area contributed by atoms with E-state index in [0.29, 0.717) is 6.54 Å². The van der Waals surface area contributed by atoms with Crippen LogP contribution in [0.25, 0.3) is 10.9 Å². The van der Waals surface area contributed by atoms with Gasteiger partial charge in [0.05, 0.1) is 11.2 Å². The van der Waals surface area contributed by atoms with Crippen LogP contribution in [0.3, 0.4) is 0 Å². The summed E-state index contributed by atoms with van der Waals surface area (Å²) in [5.74, 6) is 0.260. The molecule has 2 heterocycles. The standard InChI is InChI=1S/C14H11ClN6/c15-13-12(16)14(18-8-17-13)21-19-7-10-6-5-9-3-1-2-4-11(9)20-10/h1-6,8H,7,16H2. The maximum absolute atomic E-state index is 5.78. The molecule has 104 valence electrons. The number of benzene rings is 1. The first-order valence-electron chi connectivity index (χ1n) is 6.22. The van der Waals surface area contributed by atoms with Crippen molar-refractivity contribution in [2.75, 3.05) is 5.73 Å². The van der Waals surface area contributed by atoms with E-state index in [4.69, 9.17) is 17.3 Å². The lowest BCUT2D eigenvalue weighted by Gasteiger charge is -2.00. The highest BCUT2D eigenvalue weighted by atomic mass is 35.5. The van der Waals surface area contributed by atoms with Gasteiger partial charge in [0.15, 0.2) is 5.15 Å². The number of azo groups is 1. The molecule has 6 nitrogen and oxygen atoms in total. The molecule has 3 rings (SSSR count). The maximum Gasteiger partial charge on any atom is 0.201 e. The van der Waals surface area contributed by atoms with Gasteiger partial charge in [-0.05, 0) is 12.1 Å². The van der Waals surface area contributed by atoms with Crippen LogP contribution in [0.15, 0.2) is 53.0 Å². The zero-order valence-corrected chi connectivity index (χ0v) is 11.7. The summed E-state index contributed by atoms with van der Waals surface area (Å²) in [4.78, 5) is 12.2. The van der Waals surface area contributed by atoms with Gasteiger partial charge in [0.25, 0.3) is 0 Å².